The van der Waals surface area contributed by atoms with Crippen LogP contribution in [0.15, 0.2) is 18.2 Å². The van der Waals surface area contributed by atoms with Crippen molar-refractivity contribution in [3.05, 3.63) is 34.9 Å². The largest absolute Gasteiger partial charge is 0.351 e. The fourth-order valence-corrected chi connectivity index (χ4v) is 2.32. The van der Waals surface area contributed by atoms with Crippen molar-refractivity contribution in [2.75, 3.05) is 6.54 Å². The van der Waals surface area contributed by atoms with E-state index < -0.39 is 0 Å². The third-order valence-corrected chi connectivity index (χ3v) is 3.39. The summed E-state index contributed by atoms with van der Waals surface area (Å²) in [6.45, 7) is 8.75. The highest BCUT2D eigenvalue weighted by Crippen LogP contribution is 2.13. The van der Waals surface area contributed by atoms with Crippen LogP contribution in [0.3, 0.4) is 0 Å². The average Bonchev–Trinajstić information content (AvgIpc) is 2.29. The van der Waals surface area contributed by atoms with Crippen molar-refractivity contribution < 1.29 is 4.79 Å². The van der Waals surface area contributed by atoms with Gasteiger partial charge in [-0.15, -0.1) is 11.6 Å². The second-order valence-corrected chi connectivity index (χ2v) is 5.80. The molecule has 1 N–H and O–H groups in total. The maximum Gasteiger partial charge on any atom is 0.251 e. The molecule has 0 saturated carbocycles. The van der Waals surface area contributed by atoms with Gasteiger partial charge in [0, 0.05) is 12.1 Å². The van der Waals surface area contributed by atoms with Crippen LogP contribution in [0.25, 0.3) is 0 Å². The molecule has 3 heteroatoms. The Morgan fingerprint density at radius 1 is 1.33 bits per heavy atom. The van der Waals surface area contributed by atoms with Crippen LogP contribution in [0.4, 0.5) is 0 Å². The molecule has 1 amide bonds. The molecule has 1 aromatic carbocycles. The van der Waals surface area contributed by atoms with E-state index in [9.17, 15) is 4.79 Å². The molecule has 0 bridgehead atoms. The zero-order valence-electron chi connectivity index (χ0n) is 11.6. The zero-order chi connectivity index (χ0) is 13.7. The smallest absolute Gasteiger partial charge is 0.251 e. The van der Waals surface area contributed by atoms with Crippen LogP contribution in [0.1, 0.15) is 41.8 Å². The number of carbonyl (C=O) groups excluding carboxylic acids is 1. The van der Waals surface area contributed by atoms with Crippen molar-refractivity contribution in [1.29, 1.82) is 0 Å². The van der Waals surface area contributed by atoms with Crippen molar-refractivity contribution in [2.45, 2.75) is 39.5 Å². The Balaban J connectivity index is 2.58. The Hall–Kier alpha value is -1.02. The van der Waals surface area contributed by atoms with E-state index in [2.05, 4.69) is 19.2 Å². The van der Waals surface area contributed by atoms with Crippen LogP contribution in [-0.4, -0.2) is 17.8 Å². The van der Waals surface area contributed by atoms with Gasteiger partial charge in [-0.05, 0) is 43.4 Å². The Bertz CT molecular complexity index is 415. The summed E-state index contributed by atoms with van der Waals surface area (Å²) in [6.07, 6.45) is 0.911. The average molecular weight is 268 g/mol. The minimum absolute atomic E-state index is 0.000865. The molecule has 0 spiro atoms. The molecule has 1 unspecified atom stereocenters. The molecule has 0 fully saturated rings. The zero-order valence-corrected chi connectivity index (χ0v) is 12.3. The number of hydrogen-bond donors (Lipinski definition) is 1. The molecule has 0 aliphatic carbocycles. The van der Waals surface area contributed by atoms with E-state index in [0.717, 1.165) is 23.1 Å². The number of amides is 1. The van der Waals surface area contributed by atoms with Gasteiger partial charge in [-0.1, -0.05) is 26.0 Å². The van der Waals surface area contributed by atoms with Crippen LogP contribution in [-0.2, 0) is 0 Å². The summed E-state index contributed by atoms with van der Waals surface area (Å²) in [7, 11) is 0. The first kappa shape index (κ1) is 15.0. The maximum atomic E-state index is 12.0. The lowest BCUT2D eigenvalue weighted by Crippen LogP contribution is -2.30. The number of aryl methyl sites for hydroxylation is 1. The van der Waals surface area contributed by atoms with Crippen molar-refractivity contribution in [1.82, 2.24) is 5.32 Å². The first-order valence-corrected chi connectivity index (χ1v) is 6.84. The molecule has 1 aromatic rings. The molecule has 1 rings (SSSR count). The van der Waals surface area contributed by atoms with Crippen molar-refractivity contribution in [3.63, 3.8) is 0 Å². The van der Waals surface area contributed by atoms with Gasteiger partial charge in [0.25, 0.3) is 5.91 Å². The monoisotopic (exact) mass is 267 g/mol. The third-order valence-electron chi connectivity index (χ3n) is 3.06. The lowest BCUT2D eigenvalue weighted by molar-refractivity contribution is 0.0952. The summed E-state index contributed by atoms with van der Waals surface area (Å²) in [6, 6.07) is 5.77. The van der Waals surface area contributed by atoms with E-state index in [1.807, 2.05) is 32.0 Å². The molecular weight excluding hydrogens is 246 g/mol. The molecule has 100 valence electrons. The van der Waals surface area contributed by atoms with Crippen LogP contribution in [0.5, 0.6) is 0 Å². The van der Waals surface area contributed by atoms with Crippen LogP contribution >= 0.6 is 11.6 Å². The quantitative estimate of drug-likeness (QED) is 0.810. The summed E-state index contributed by atoms with van der Waals surface area (Å²) in [5, 5.41) is 2.90. The van der Waals surface area contributed by atoms with Gasteiger partial charge in [-0.3, -0.25) is 4.79 Å². The number of carbonyl (C=O) groups is 1. The normalized spacial score (nSPS) is 12.6. The van der Waals surface area contributed by atoms with Gasteiger partial charge in [0.1, 0.15) is 0 Å². The minimum Gasteiger partial charge on any atom is -0.351 e. The number of hydrogen-bond acceptors (Lipinski definition) is 1. The highest BCUT2D eigenvalue weighted by atomic mass is 35.5. The van der Waals surface area contributed by atoms with E-state index in [0.29, 0.717) is 12.5 Å². The Morgan fingerprint density at radius 3 is 2.61 bits per heavy atom. The Morgan fingerprint density at radius 2 is 2.00 bits per heavy atom. The molecule has 18 heavy (non-hydrogen) atoms. The summed E-state index contributed by atoms with van der Waals surface area (Å²) in [5.41, 5.74) is 2.90. The SMILES string of the molecule is Cc1cccc(C(=O)NCC(Cl)CC(C)C)c1C. The van der Waals surface area contributed by atoms with Crippen LogP contribution < -0.4 is 5.32 Å². The second kappa shape index (κ2) is 6.79. The lowest BCUT2D eigenvalue weighted by Gasteiger charge is -2.14. The van der Waals surface area contributed by atoms with E-state index >= 15 is 0 Å². The fourth-order valence-electron chi connectivity index (χ4n) is 1.89. The van der Waals surface area contributed by atoms with Crippen molar-refractivity contribution in [3.8, 4) is 0 Å². The van der Waals surface area contributed by atoms with Gasteiger partial charge in [0.2, 0.25) is 0 Å². The first-order valence-electron chi connectivity index (χ1n) is 6.40. The number of rotatable bonds is 5. The maximum absolute atomic E-state index is 12.0. The van der Waals surface area contributed by atoms with Crippen LogP contribution in [0, 0.1) is 19.8 Å². The minimum atomic E-state index is -0.0365. The summed E-state index contributed by atoms with van der Waals surface area (Å²) >= 11 is 6.16. The number of nitrogens with one attached hydrogen (secondary N) is 1. The van der Waals surface area contributed by atoms with Gasteiger partial charge in [0.05, 0.1) is 5.38 Å². The third kappa shape index (κ3) is 4.34. The van der Waals surface area contributed by atoms with E-state index in [1.165, 1.54) is 0 Å². The molecule has 0 aliphatic heterocycles. The predicted molar refractivity (Wildman–Crippen MR) is 77.3 cm³/mol. The molecule has 0 aromatic heterocycles. The van der Waals surface area contributed by atoms with Gasteiger partial charge in [0.15, 0.2) is 0 Å². The highest BCUT2D eigenvalue weighted by Gasteiger charge is 2.12. The van der Waals surface area contributed by atoms with Gasteiger partial charge in [-0.2, -0.15) is 0 Å². The molecule has 2 nitrogen and oxygen atoms in total. The van der Waals surface area contributed by atoms with Crippen molar-refractivity contribution >= 4 is 17.5 Å². The molecule has 1 atom stereocenters. The molecular formula is C15H22ClNO. The summed E-state index contributed by atoms with van der Waals surface area (Å²) < 4.78 is 0. The topological polar surface area (TPSA) is 29.1 Å². The predicted octanol–water partition coefficient (Wildman–Crippen LogP) is 3.69. The van der Waals surface area contributed by atoms with Gasteiger partial charge < -0.3 is 5.32 Å². The summed E-state index contributed by atoms with van der Waals surface area (Å²) in [5.74, 6) is 0.510. The lowest BCUT2D eigenvalue weighted by atomic mass is 10.0. The standard InChI is InChI=1S/C15H22ClNO/c1-10(2)8-13(16)9-17-15(18)14-7-5-6-11(3)12(14)4/h5-7,10,13H,8-9H2,1-4H3,(H,17,18). The summed E-state index contributed by atoms with van der Waals surface area (Å²) in [4.78, 5) is 12.0. The molecule has 0 heterocycles. The van der Waals surface area contributed by atoms with E-state index in [-0.39, 0.29) is 11.3 Å². The van der Waals surface area contributed by atoms with Crippen molar-refractivity contribution in [2.24, 2.45) is 5.92 Å². The molecule has 0 aliphatic rings. The fraction of sp³-hybridized carbons (Fsp3) is 0.533. The Labute approximate surface area is 115 Å². The van der Waals surface area contributed by atoms with Crippen LogP contribution in [0.2, 0.25) is 0 Å². The number of alkyl halides is 1. The highest BCUT2D eigenvalue weighted by molar-refractivity contribution is 6.21. The second-order valence-electron chi connectivity index (χ2n) is 5.18. The van der Waals surface area contributed by atoms with E-state index in [4.69, 9.17) is 11.6 Å². The molecule has 0 saturated heterocycles. The first-order chi connectivity index (χ1) is 8.41. The van der Waals surface area contributed by atoms with Gasteiger partial charge in [-0.25, -0.2) is 0 Å². The van der Waals surface area contributed by atoms with E-state index in [1.54, 1.807) is 0 Å². The number of halogens is 1. The Kier molecular flexibility index (Phi) is 5.67. The number of benzene rings is 1. The molecule has 0 radical (unpaired) electrons. The van der Waals surface area contributed by atoms with Gasteiger partial charge >= 0.3 is 0 Å².